The Morgan fingerprint density at radius 3 is 2.12 bits per heavy atom. The van der Waals surface area contributed by atoms with Gasteiger partial charge in [-0.1, -0.05) is 39.1 Å². The smallest absolute Gasteiger partial charge is 0.322 e. The van der Waals surface area contributed by atoms with Gasteiger partial charge in [-0.15, -0.1) is 0 Å². The normalized spacial score (nSPS) is 10.4. The van der Waals surface area contributed by atoms with E-state index in [1.165, 1.54) is 0 Å². The molecule has 2 nitrogen and oxygen atoms in total. The SMILES string of the molecule is O=C(CBr)Oc1c(Cl)c(Cl)c(Br)c(Br)c1Br. The molecule has 1 aromatic carbocycles. The van der Waals surface area contributed by atoms with Crippen molar-refractivity contribution in [2.24, 2.45) is 0 Å². The van der Waals surface area contributed by atoms with Crippen molar-refractivity contribution in [3.8, 4) is 5.75 Å². The quantitative estimate of drug-likeness (QED) is 0.167. The van der Waals surface area contributed by atoms with Gasteiger partial charge in [-0.05, 0) is 47.8 Å². The molecular formula is C8H2Br4Cl2O2. The largest absolute Gasteiger partial charge is 0.423 e. The van der Waals surface area contributed by atoms with Crippen molar-refractivity contribution in [3.63, 3.8) is 0 Å². The summed E-state index contributed by atoms with van der Waals surface area (Å²) in [5, 5.41) is 0.508. The van der Waals surface area contributed by atoms with Crippen LogP contribution >= 0.6 is 86.9 Å². The highest BCUT2D eigenvalue weighted by atomic mass is 79.9. The Morgan fingerprint density at radius 1 is 1.06 bits per heavy atom. The summed E-state index contributed by atoms with van der Waals surface area (Å²) in [7, 11) is 0. The zero-order chi connectivity index (χ0) is 12.5. The lowest BCUT2D eigenvalue weighted by Crippen LogP contribution is -2.09. The van der Waals surface area contributed by atoms with Crippen LogP contribution in [0.3, 0.4) is 0 Å². The predicted octanol–water partition coefficient (Wildman–Crippen LogP) is 5.58. The van der Waals surface area contributed by atoms with Crippen molar-refractivity contribution in [2.75, 3.05) is 5.33 Å². The molecule has 0 aliphatic carbocycles. The number of halogens is 6. The molecule has 0 N–H and O–H groups in total. The van der Waals surface area contributed by atoms with E-state index in [0.717, 1.165) is 0 Å². The molecular weight excluding hydrogens is 519 g/mol. The second kappa shape index (κ2) is 6.38. The van der Waals surface area contributed by atoms with Gasteiger partial charge in [-0.2, -0.15) is 0 Å². The van der Waals surface area contributed by atoms with Crippen LogP contribution in [0.15, 0.2) is 13.4 Å². The van der Waals surface area contributed by atoms with Crippen molar-refractivity contribution in [1.29, 1.82) is 0 Å². The van der Waals surface area contributed by atoms with Gasteiger partial charge in [0.05, 0.1) is 18.4 Å². The van der Waals surface area contributed by atoms with Crippen LogP contribution in [0.4, 0.5) is 0 Å². The number of benzene rings is 1. The molecule has 0 aliphatic heterocycles. The van der Waals surface area contributed by atoms with E-state index in [0.29, 0.717) is 13.4 Å². The monoisotopic (exact) mass is 516 g/mol. The van der Waals surface area contributed by atoms with Crippen molar-refractivity contribution in [1.82, 2.24) is 0 Å². The van der Waals surface area contributed by atoms with Gasteiger partial charge in [0.2, 0.25) is 0 Å². The molecule has 0 heterocycles. The first kappa shape index (κ1) is 15.2. The summed E-state index contributed by atoms with van der Waals surface area (Å²) in [6.45, 7) is 0. The Bertz CT molecular complexity index is 421. The predicted molar refractivity (Wildman–Crippen MR) is 79.0 cm³/mol. The number of carbonyl (C=O) groups excluding carboxylic acids is 1. The minimum absolute atomic E-state index is 0.0705. The van der Waals surface area contributed by atoms with Crippen LogP contribution in [0.1, 0.15) is 0 Å². The van der Waals surface area contributed by atoms with Crippen LogP contribution in [0, 0.1) is 0 Å². The van der Waals surface area contributed by atoms with E-state index in [1.54, 1.807) is 0 Å². The van der Waals surface area contributed by atoms with E-state index in [4.69, 9.17) is 27.9 Å². The van der Waals surface area contributed by atoms with Crippen LogP contribution in [-0.4, -0.2) is 11.3 Å². The molecule has 1 rings (SSSR count). The molecule has 88 valence electrons. The van der Waals surface area contributed by atoms with Gasteiger partial charge in [0.25, 0.3) is 0 Å². The molecule has 0 aliphatic rings. The third kappa shape index (κ3) is 3.14. The Labute approximate surface area is 136 Å². The van der Waals surface area contributed by atoms with Gasteiger partial charge in [-0.25, -0.2) is 0 Å². The minimum atomic E-state index is -0.465. The summed E-state index contributed by atoms with van der Waals surface area (Å²) in [5.74, 6) is -0.279. The topological polar surface area (TPSA) is 26.3 Å². The fourth-order valence-electron chi connectivity index (χ4n) is 0.815. The lowest BCUT2D eigenvalue weighted by Gasteiger charge is -2.12. The number of hydrogen-bond acceptors (Lipinski definition) is 2. The zero-order valence-electron chi connectivity index (χ0n) is 7.29. The Morgan fingerprint density at radius 2 is 1.62 bits per heavy atom. The molecule has 16 heavy (non-hydrogen) atoms. The van der Waals surface area contributed by atoms with Crippen molar-refractivity contribution < 1.29 is 9.53 Å². The fourth-order valence-corrected chi connectivity index (χ4v) is 3.20. The van der Waals surface area contributed by atoms with E-state index in [-0.39, 0.29) is 21.1 Å². The van der Waals surface area contributed by atoms with E-state index in [2.05, 4.69) is 63.7 Å². The fraction of sp³-hybridized carbons (Fsp3) is 0.125. The van der Waals surface area contributed by atoms with Gasteiger partial charge in [0.15, 0.2) is 5.75 Å². The van der Waals surface area contributed by atoms with E-state index >= 15 is 0 Å². The number of hydrogen-bond donors (Lipinski definition) is 0. The van der Waals surface area contributed by atoms with Crippen LogP contribution in [-0.2, 0) is 4.79 Å². The first-order valence-electron chi connectivity index (χ1n) is 3.68. The second-order valence-electron chi connectivity index (χ2n) is 2.51. The standard InChI is InChI=1S/C8H2Br4Cl2O2/c9-1-2(15)16-8-5(12)3(10)4(11)6(13)7(8)14/h1H2. The number of rotatable bonds is 2. The lowest BCUT2D eigenvalue weighted by molar-refractivity contribution is -0.131. The average molecular weight is 521 g/mol. The number of ether oxygens (including phenoxy) is 1. The maximum absolute atomic E-state index is 11.2. The van der Waals surface area contributed by atoms with Gasteiger partial charge in [0, 0.05) is 0 Å². The Kier molecular flexibility index (Phi) is 6.08. The van der Waals surface area contributed by atoms with E-state index in [9.17, 15) is 4.79 Å². The van der Waals surface area contributed by atoms with E-state index < -0.39 is 5.97 Å². The van der Waals surface area contributed by atoms with Gasteiger partial charge in [-0.3, -0.25) is 4.79 Å². The highest BCUT2D eigenvalue weighted by Crippen LogP contribution is 2.48. The van der Waals surface area contributed by atoms with Crippen molar-refractivity contribution in [2.45, 2.75) is 0 Å². The highest BCUT2D eigenvalue weighted by molar-refractivity contribution is 9.14. The van der Waals surface area contributed by atoms with Crippen LogP contribution < -0.4 is 4.74 Å². The maximum Gasteiger partial charge on any atom is 0.322 e. The van der Waals surface area contributed by atoms with Gasteiger partial charge < -0.3 is 4.74 Å². The summed E-state index contributed by atoms with van der Waals surface area (Å²) in [6, 6.07) is 0. The number of alkyl halides is 1. The van der Waals surface area contributed by atoms with Gasteiger partial charge >= 0.3 is 5.97 Å². The Balaban J connectivity index is 3.34. The summed E-state index contributed by atoms with van der Waals surface area (Å²) in [4.78, 5) is 11.2. The Hall–Kier alpha value is 1.19. The third-order valence-electron chi connectivity index (χ3n) is 1.49. The molecule has 0 bridgehead atoms. The molecule has 0 saturated heterocycles. The molecule has 8 heteroatoms. The molecule has 0 amide bonds. The molecule has 0 radical (unpaired) electrons. The maximum atomic E-state index is 11.2. The average Bonchev–Trinajstić information content (AvgIpc) is 2.29. The van der Waals surface area contributed by atoms with Gasteiger partial charge in [0.1, 0.15) is 10.4 Å². The summed E-state index contributed by atoms with van der Waals surface area (Å²) in [6.07, 6.45) is 0. The molecule has 0 aromatic heterocycles. The van der Waals surface area contributed by atoms with Crippen LogP contribution in [0.2, 0.25) is 10.0 Å². The highest BCUT2D eigenvalue weighted by Gasteiger charge is 2.21. The van der Waals surface area contributed by atoms with Crippen LogP contribution in [0.5, 0.6) is 5.75 Å². The second-order valence-corrected chi connectivity index (χ2v) is 6.20. The number of esters is 1. The van der Waals surface area contributed by atoms with Crippen molar-refractivity contribution in [3.05, 3.63) is 23.5 Å². The molecule has 0 spiro atoms. The van der Waals surface area contributed by atoms with E-state index in [1.807, 2.05) is 0 Å². The third-order valence-corrected chi connectivity index (χ3v) is 6.42. The first-order chi connectivity index (χ1) is 7.40. The molecule has 1 aromatic rings. The number of carbonyl (C=O) groups is 1. The summed E-state index contributed by atoms with van der Waals surface area (Å²) >= 11 is 24.7. The molecule has 0 unspecified atom stereocenters. The molecule has 0 atom stereocenters. The first-order valence-corrected chi connectivity index (χ1v) is 7.93. The molecule has 0 saturated carbocycles. The summed E-state index contributed by atoms with van der Waals surface area (Å²) < 4.78 is 6.77. The molecule has 0 fully saturated rings. The minimum Gasteiger partial charge on any atom is -0.423 e. The lowest BCUT2D eigenvalue weighted by atomic mass is 10.3. The summed E-state index contributed by atoms with van der Waals surface area (Å²) in [5.41, 5.74) is 0. The van der Waals surface area contributed by atoms with Crippen LogP contribution in [0.25, 0.3) is 0 Å². The van der Waals surface area contributed by atoms with Crippen molar-refractivity contribution >= 4 is 92.9 Å². The zero-order valence-corrected chi connectivity index (χ0v) is 15.1.